The number of hydrogen-bond acceptors (Lipinski definition) is 5. The lowest BCUT2D eigenvalue weighted by Crippen LogP contribution is -2.35. The molecule has 0 unspecified atom stereocenters. The van der Waals surface area contributed by atoms with E-state index in [0.717, 1.165) is 9.75 Å². The van der Waals surface area contributed by atoms with E-state index in [9.17, 15) is 9.59 Å². The number of esters is 1. The lowest BCUT2D eigenvalue weighted by Gasteiger charge is -2.11. The van der Waals surface area contributed by atoms with Crippen molar-refractivity contribution in [3.63, 3.8) is 0 Å². The van der Waals surface area contributed by atoms with Crippen molar-refractivity contribution in [3.8, 4) is 0 Å². The van der Waals surface area contributed by atoms with Crippen LogP contribution in [0.2, 0.25) is 0 Å². The van der Waals surface area contributed by atoms with Crippen molar-refractivity contribution in [1.29, 1.82) is 0 Å². The van der Waals surface area contributed by atoms with Crippen LogP contribution < -0.4 is 5.32 Å². The van der Waals surface area contributed by atoms with Crippen LogP contribution in [0, 0.1) is 6.92 Å². The zero-order chi connectivity index (χ0) is 14.0. The zero-order valence-corrected chi connectivity index (χ0v) is 12.1. The highest BCUT2D eigenvalue weighted by molar-refractivity contribution is 7.80. The van der Waals surface area contributed by atoms with Crippen LogP contribution in [0.5, 0.6) is 0 Å². The molecule has 100 valence electrons. The number of rotatable bonds is 3. The summed E-state index contributed by atoms with van der Waals surface area (Å²) in [6.07, 6.45) is 1.73. The number of hydrogen-bond donors (Lipinski definition) is 1. The van der Waals surface area contributed by atoms with Gasteiger partial charge in [-0.05, 0) is 37.4 Å². The van der Waals surface area contributed by atoms with Gasteiger partial charge in [-0.25, -0.2) is 0 Å². The Labute approximate surface area is 119 Å². The van der Waals surface area contributed by atoms with Gasteiger partial charge in [-0.2, -0.15) is 0 Å². The summed E-state index contributed by atoms with van der Waals surface area (Å²) in [5, 5.41) is 3.03. The summed E-state index contributed by atoms with van der Waals surface area (Å²) in [5.41, 5.74) is 0.371. The first-order valence-corrected chi connectivity index (χ1v) is 6.71. The van der Waals surface area contributed by atoms with Gasteiger partial charge >= 0.3 is 5.97 Å². The van der Waals surface area contributed by atoms with Crippen LogP contribution in [0.4, 0.5) is 0 Å². The first-order valence-electron chi connectivity index (χ1n) is 5.49. The number of carbonyl (C=O) groups is 2. The molecule has 19 heavy (non-hydrogen) atoms. The smallest absolute Gasteiger partial charge is 0.325 e. The monoisotopic (exact) mass is 296 g/mol. The first kappa shape index (κ1) is 13.7. The number of amides is 1. The highest BCUT2D eigenvalue weighted by atomic mass is 32.1. The van der Waals surface area contributed by atoms with E-state index in [1.54, 1.807) is 17.4 Å². The summed E-state index contributed by atoms with van der Waals surface area (Å²) in [4.78, 5) is 26.6. The second kappa shape index (κ2) is 5.50. The molecule has 1 amide bonds. The Morgan fingerprint density at radius 1 is 1.58 bits per heavy atom. The van der Waals surface area contributed by atoms with Gasteiger partial charge < -0.3 is 10.1 Å². The molecule has 1 aromatic rings. The molecule has 0 aliphatic carbocycles. The Hall–Kier alpha value is -1.73. The lowest BCUT2D eigenvalue weighted by atomic mass is 10.3. The third-order valence-corrected chi connectivity index (χ3v) is 3.80. The van der Waals surface area contributed by atoms with Crippen LogP contribution in [0.3, 0.4) is 0 Å². The molecular weight excluding hydrogens is 284 g/mol. The van der Waals surface area contributed by atoms with Gasteiger partial charge in [0, 0.05) is 9.75 Å². The highest BCUT2D eigenvalue weighted by Gasteiger charge is 2.32. The summed E-state index contributed by atoms with van der Waals surface area (Å²) < 4.78 is 4.53. The van der Waals surface area contributed by atoms with Gasteiger partial charge in [-0.15, -0.1) is 11.3 Å². The molecule has 0 radical (unpaired) electrons. The van der Waals surface area contributed by atoms with Crippen molar-refractivity contribution in [2.45, 2.75) is 6.92 Å². The van der Waals surface area contributed by atoms with Crippen molar-refractivity contribution in [1.82, 2.24) is 10.2 Å². The Morgan fingerprint density at radius 3 is 2.89 bits per heavy atom. The Bertz CT molecular complexity index is 577. The zero-order valence-electron chi connectivity index (χ0n) is 10.4. The molecule has 1 aromatic heterocycles. The quantitative estimate of drug-likeness (QED) is 0.517. The van der Waals surface area contributed by atoms with Gasteiger partial charge in [-0.3, -0.25) is 14.5 Å². The molecule has 7 heteroatoms. The predicted molar refractivity (Wildman–Crippen MR) is 76.5 cm³/mol. The van der Waals surface area contributed by atoms with Crippen LogP contribution in [0.15, 0.2) is 17.8 Å². The van der Waals surface area contributed by atoms with E-state index in [0.29, 0.717) is 5.70 Å². The highest BCUT2D eigenvalue weighted by Crippen LogP contribution is 2.20. The molecule has 1 saturated heterocycles. The fourth-order valence-corrected chi connectivity index (χ4v) is 2.66. The van der Waals surface area contributed by atoms with Gasteiger partial charge in [-0.1, -0.05) is 0 Å². The van der Waals surface area contributed by atoms with Crippen molar-refractivity contribution >= 4 is 46.6 Å². The Kier molecular flexibility index (Phi) is 3.96. The van der Waals surface area contributed by atoms with E-state index in [2.05, 4.69) is 10.1 Å². The summed E-state index contributed by atoms with van der Waals surface area (Å²) in [7, 11) is 1.27. The Balaban J connectivity index is 2.18. The van der Waals surface area contributed by atoms with Crippen molar-refractivity contribution in [2.75, 3.05) is 13.7 Å². The van der Waals surface area contributed by atoms with E-state index in [1.807, 2.05) is 19.1 Å². The molecule has 2 heterocycles. The molecule has 1 N–H and O–H groups in total. The molecule has 0 atom stereocenters. The largest absolute Gasteiger partial charge is 0.468 e. The topological polar surface area (TPSA) is 58.6 Å². The normalized spacial score (nSPS) is 16.9. The van der Waals surface area contributed by atoms with Gasteiger partial charge in [0.05, 0.1) is 7.11 Å². The maximum atomic E-state index is 12.1. The molecule has 1 fully saturated rings. The summed E-state index contributed by atoms with van der Waals surface area (Å²) in [6, 6.07) is 3.90. The molecule has 1 aliphatic rings. The molecule has 2 rings (SSSR count). The summed E-state index contributed by atoms with van der Waals surface area (Å²) >= 11 is 6.61. The average molecular weight is 296 g/mol. The van der Waals surface area contributed by atoms with Crippen molar-refractivity contribution in [2.24, 2.45) is 0 Å². The number of nitrogens with zero attached hydrogens (tertiary/aromatic N) is 1. The van der Waals surface area contributed by atoms with E-state index in [-0.39, 0.29) is 17.6 Å². The maximum Gasteiger partial charge on any atom is 0.325 e. The summed E-state index contributed by atoms with van der Waals surface area (Å²) in [5.74, 6) is -0.827. The van der Waals surface area contributed by atoms with Gasteiger partial charge in [0.25, 0.3) is 5.91 Å². The van der Waals surface area contributed by atoms with Crippen LogP contribution in [0.25, 0.3) is 6.08 Å². The second-order valence-corrected chi connectivity index (χ2v) is 5.61. The first-order chi connectivity index (χ1) is 9.01. The van der Waals surface area contributed by atoms with E-state index >= 15 is 0 Å². The lowest BCUT2D eigenvalue weighted by molar-refractivity contribution is -0.143. The molecule has 0 saturated carbocycles. The van der Waals surface area contributed by atoms with Crippen LogP contribution in [-0.2, 0) is 14.3 Å². The number of carbonyl (C=O) groups excluding carboxylic acids is 2. The van der Waals surface area contributed by atoms with Crippen LogP contribution >= 0.6 is 23.6 Å². The number of ether oxygens (including phenoxy) is 1. The average Bonchev–Trinajstić information content (AvgIpc) is 2.88. The number of nitrogens with one attached hydrogen (secondary N) is 1. The minimum absolute atomic E-state index is 0.179. The predicted octanol–water partition coefficient (Wildman–Crippen LogP) is 1.29. The third kappa shape index (κ3) is 2.99. The van der Waals surface area contributed by atoms with E-state index in [4.69, 9.17) is 12.2 Å². The Morgan fingerprint density at radius 2 is 2.32 bits per heavy atom. The molecule has 5 nitrogen and oxygen atoms in total. The fraction of sp³-hybridized carbons (Fsp3) is 0.250. The maximum absolute atomic E-state index is 12.1. The third-order valence-electron chi connectivity index (χ3n) is 2.52. The minimum atomic E-state index is -0.509. The van der Waals surface area contributed by atoms with Gasteiger partial charge in [0.1, 0.15) is 12.2 Å². The van der Waals surface area contributed by atoms with Crippen molar-refractivity contribution < 1.29 is 14.3 Å². The number of aryl methyl sites for hydroxylation is 1. The molecule has 0 aromatic carbocycles. The number of thiocarbonyl (C=S) groups is 1. The fourth-order valence-electron chi connectivity index (χ4n) is 1.58. The number of thiophene rings is 1. The molecular formula is C12H12N2O3S2. The van der Waals surface area contributed by atoms with E-state index < -0.39 is 5.97 Å². The van der Waals surface area contributed by atoms with Crippen molar-refractivity contribution in [3.05, 3.63) is 27.6 Å². The SMILES string of the molecule is COC(=O)CN1C(=O)/C(=C/c2ccc(C)s2)NC1=S. The second-order valence-electron chi connectivity index (χ2n) is 3.90. The minimum Gasteiger partial charge on any atom is -0.468 e. The number of methoxy groups -OCH3 is 1. The van der Waals surface area contributed by atoms with Crippen LogP contribution in [0.1, 0.15) is 9.75 Å². The molecule has 1 aliphatic heterocycles. The van der Waals surface area contributed by atoms with Crippen LogP contribution in [-0.4, -0.2) is 35.5 Å². The van der Waals surface area contributed by atoms with Gasteiger partial charge in [0.2, 0.25) is 0 Å². The van der Waals surface area contributed by atoms with Gasteiger partial charge in [0.15, 0.2) is 5.11 Å². The standard InChI is InChI=1S/C12H12N2O3S2/c1-7-3-4-8(19-7)5-9-11(16)14(12(18)13-9)6-10(15)17-2/h3-5H,6H2,1-2H3,(H,13,18)/b9-5-. The summed E-state index contributed by atoms with van der Waals surface area (Å²) in [6.45, 7) is 1.81. The molecule has 0 spiro atoms. The van der Waals surface area contributed by atoms with E-state index in [1.165, 1.54) is 12.0 Å². The molecule has 0 bridgehead atoms.